The van der Waals surface area contributed by atoms with Crippen LogP contribution in [0.5, 0.6) is 11.8 Å². The van der Waals surface area contributed by atoms with Gasteiger partial charge in [-0.1, -0.05) is 6.07 Å². The van der Waals surface area contributed by atoms with Gasteiger partial charge in [0, 0.05) is 0 Å². The fourth-order valence-corrected chi connectivity index (χ4v) is 1.39. The van der Waals surface area contributed by atoms with Gasteiger partial charge in [-0.05, 0) is 31.5 Å². The third-order valence-electron chi connectivity index (χ3n) is 2.25. The van der Waals surface area contributed by atoms with Crippen molar-refractivity contribution < 1.29 is 23.1 Å². The van der Waals surface area contributed by atoms with Crippen molar-refractivity contribution in [3.05, 3.63) is 41.5 Å². The van der Waals surface area contributed by atoms with Gasteiger partial charge in [-0.25, -0.2) is 9.18 Å². The second-order valence-electron chi connectivity index (χ2n) is 3.76. The van der Waals surface area contributed by atoms with Gasteiger partial charge in [0.15, 0.2) is 17.3 Å². The largest absolute Gasteiger partial charge is 0.461 e. The molecule has 0 aliphatic rings. The molecule has 0 atom stereocenters. The molecule has 1 aromatic heterocycles. The first-order chi connectivity index (χ1) is 9.10. The average molecular weight is 265 g/mol. The predicted molar refractivity (Wildman–Crippen MR) is 63.7 cm³/mol. The van der Waals surface area contributed by atoms with Gasteiger partial charge in [0.05, 0.1) is 6.61 Å². The number of benzene rings is 1. The zero-order valence-electron chi connectivity index (χ0n) is 10.5. The highest BCUT2D eigenvalue weighted by molar-refractivity contribution is 5.86. The monoisotopic (exact) mass is 265 g/mol. The lowest BCUT2D eigenvalue weighted by molar-refractivity contribution is 0.0519. The van der Waals surface area contributed by atoms with Gasteiger partial charge < -0.3 is 13.9 Å². The van der Waals surface area contributed by atoms with Crippen molar-refractivity contribution >= 4 is 5.97 Å². The van der Waals surface area contributed by atoms with Crippen LogP contribution in [0.25, 0.3) is 0 Å². The number of carbonyl (C=O) groups is 1. The summed E-state index contributed by atoms with van der Waals surface area (Å²) in [5, 5.41) is 0. The number of carbonyl (C=O) groups excluding carboxylic acids is 1. The second-order valence-corrected chi connectivity index (χ2v) is 3.76. The first kappa shape index (κ1) is 13.1. The zero-order chi connectivity index (χ0) is 13.8. The molecule has 0 N–H and O–H groups in total. The van der Waals surface area contributed by atoms with Crippen LogP contribution in [0.1, 0.15) is 23.0 Å². The number of oxazole rings is 1. The van der Waals surface area contributed by atoms with Gasteiger partial charge in [-0.2, -0.15) is 4.98 Å². The molecule has 5 nitrogen and oxygen atoms in total. The van der Waals surface area contributed by atoms with Crippen LogP contribution in [0.15, 0.2) is 28.9 Å². The van der Waals surface area contributed by atoms with Gasteiger partial charge in [-0.3, -0.25) is 0 Å². The molecule has 0 bridgehead atoms. The van der Waals surface area contributed by atoms with Crippen molar-refractivity contribution in [2.75, 3.05) is 6.61 Å². The van der Waals surface area contributed by atoms with E-state index in [-0.39, 0.29) is 24.1 Å². The summed E-state index contributed by atoms with van der Waals surface area (Å²) in [5.74, 6) is -1.18. The number of nitrogens with zero attached hydrogens (tertiary/aromatic N) is 1. The number of ether oxygens (including phenoxy) is 2. The van der Waals surface area contributed by atoms with Crippen molar-refractivity contribution in [3.8, 4) is 11.8 Å². The average Bonchev–Trinajstić information content (AvgIpc) is 2.83. The van der Waals surface area contributed by atoms with E-state index < -0.39 is 11.8 Å². The Morgan fingerprint density at radius 3 is 3.00 bits per heavy atom. The number of hydrogen-bond acceptors (Lipinski definition) is 5. The van der Waals surface area contributed by atoms with Crippen molar-refractivity contribution in [1.82, 2.24) is 4.98 Å². The van der Waals surface area contributed by atoms with E-state index in [2.05, 4.69) is 4.98 Å². The van der Waals surface area contributed by atoms with Crippen LogP contribution in [0, 0.1) is 12.7 Å². The van der Waals surface area contributed by atoms with E-state index in [1.165, 1.54) is 12.1 Å². The van der Waals surface area contributed by atoms with Crippen LogP contribution < -0.4 is 4.74 Å². The molecule has 0 radical (unpaired) electrons. The van der Waals surface area contributed by atoms with Crippen LogP contribution in [-0.4, -0.2) is 17.6 Å². The summed E-state index contributed by atoms with van der Waals surface area (Å²) in [4.78, 5) is 15.1. The Bertz CT molecular complexity index is 594. The third-order valence-corrected chi connectivity index (χ3v) is 2.25. The molecule has 0 saturated carbocycles. The van der Waals surface area contributed by atoms with Crippen LogP contribution in [0.4, 0.5) is 4.39 Å². The van der Waals surface area contributed by atoms with Crippen molar-refractivity contribution in [1.29, 1.82) is 0 Å². The smallest absolute Gasteiger partial charge is 0.400 e. The lowest BCUT2D eigenvalue weighted by Crippen LogP contribution is -2.04. The molecular formula is C13H12FNO4. The number of rotatable bonds is 4. The van der Waals surface area contributed by atoms with E-state index in [0.717, 1.165) is 11.8 Å². The summed E-state index contributed by atoms with van der Waals surface area (Å²) in [7, 11) is 0. The maximum Gasteiger partial charge on any atom is 0.400 e. The fourth-order valence-electron chi connectivity index (χ4n) is 1.39. The SMILES string of the molecule is CCOC(=O)c1coc(Oc2cc(C)ccc2F)n1. The summed E-state index contributed by atoms with van der Waals surface area (Å²) >= 11 is 0. The fraction of sp³-hybridized carbons (Fsp3) is 0.231. The molecule has 19 heavy (non-hydrogen) atoms. The summed E-state index contributed by atoms with van der Waals surface area (Å²) in [5.41, 5.74) is 0.804. The normalized spacial score (nSPS) is 10.3. The Hall–Kier alpha value is -2.37. The molecule has 0 amide bonds. The zero-order valence-corrected chi connectivity index (χ0v) is 10.5. The lowest BCUT2D eigenvalue weighted by atomic mass is 10.2. The molecular weight excluding hydrogens is 253 g/mol. The van der Waals surface area contributed by atoms with Crippen molar-refractivity contribution in [2.24, 2.45) is 0 Å². The maximum atomic E-state index is 13.5. The minimum atomic E-state index is -0.620. The molecule has 100 valence electrons. The number of halogens is 1. The first-order valence-corrected chi connectivity index (χ1v) is 5.67. The minimum Gasteiger partial charge on any atom is -0.461 e. The van der Waals surface area contributed by atoms with Crippen LogP contribution >= 0.6 is 0 Å². The van der Waals surface area contributed by atoms with E-state index in [1.807, 2.05) is 0 Å². The van der Waals surface area contributed by atoms with E-state index in [4.69, 9.17) is 13.9 Å². The van der Waals surface area contributed by atoms with Crippen LogP contribution in [0.3, 0.4) is 0 Å². The molecule has 0 aliphatic heterocycles. The Labute approximate surface area is 109 Å². The Kier molecular flexibility index (Phi) is 3.79. The summed E-state index contributed by atoms with van der Waals surface area (Å²) in [6.45, 7) is 3.71. The number of esters is 1. The quantitative estimate of drug-likeness (QED) is 0.795. The maximum absolute atomic E-state index is 13.5. The summed E-state index contributed by atoms with van der Waals surface area (Å²) < 4.78 is 28.3. The van der Waals surface area contributed by atoms with Gasteiger partial charge in [-0.15, -0.1) is 0 Å². The van der Waals surface area contributed by atoms with Crippen molar-refractivity contribution in [2.45, 2.75) is 13.8 Å². The standard InChI is InChI=1S/C13H12FNO4/c1-3-17-12(16)10-7-18-13(15-10)19-11-6-8(2)4-5-9(11)14/h4-7H,3H2,1-2H3. The Balaban J connectivity index is 2.15. The molecule has 1 aromatic carbocycles. The first-order valence-electron chi connectivity index (χ1n) is 5.67. The van der Waals surface area contributed by atoms with Gasteiger partial charge in [0.1, 0.15) is 6.26 Å². The molecule has 1 heterocycles. The summed E-state index contributed by atoms with van der Waals surface area (Å²) in [6, 6.07) is 4.39. The van der Waals surface area contributed by atoms with Gasteiger partial charge >= 0.3 is 12.0 Å². The molecule has 2 rings (SSSR count). The third kappa shape index (κ3) is 3.09. The molecule has 2 aromatic rings. The molecule has 0 unspecified atom stereocenters. The Morgan fingerprint density at radius 1 is 1.47 bits per heavy atom. The van der Waals surface area contributed by atoms with Gasteiger partial charge in [0.2, 0.25) is 0 Å². The highest BCUT2D eigenvalue weighted by Crippen LogP contribution is 2.24. The molecule has 0 saturated heterocycles. The molecule has 0 spiro atoms. The van der Waals surface area contributed by atoms with Crippen LogP contribution in [0.2, 0.25) is 0 Å². The number of hydrogen-bond donors (Lipinski definition) is 0. The van der Waals surface area contributed by atoms with Gasteiger partial charge in [0.25, 0.3) is 0 Å². The van der Waals surface area contributed by atoms with E-state index in [9.17, 15) is 9.18 Å². The summed E-state index contributed by atoms with van der Waals surface area (Å²) in [6.07, 6.45) is 0.883. The highest BCUT2D eigenvalue weighted by atomic mass is 19.1. The predicted octanol–water partition coefficient (Wildman–Crippen LogP) is 3.09. The van der Waals surface area contributed by atoms with Crippen molar-refractivity contribution in [3.63, 3.8) is 0 Å². The topological polar surface area (TPSA) is 61.6 Å². The number of aromatic nitrogens is 1. The Morgan fingerprint density at radius 2 is 2.26 bits per heavy atom. The van der Waals surface area contributed by atoms with E-state index in [1.54, 1.807) is 19.9 Å². The second kappa shape index (κ2) is 5.51. The minimum absolute atomic E-state index is 0.0164. The molecule has 6 heteroatoms. The molecule has 0 fully saturated rings. The van der Waals surface area contributed by atoms with Crippen LogP contribution in [-0.2, 0) is 4.74 Å². The van der Waals surface area contributed by atoms with E-state index >= 15 is 0 Å². The molecule has 0 aliphatic carbocycles. The lowest BCUT2D eigenvalue weighted by Gasteiger charge is -2.02. The highest BCUT2D eigenvalue weighted by Gasteiger charge is 2.15. The number of aryl methyl sites for hydroxylation is 1. The van der Waals surface area contributed by atoms with E-state index in [0.29, 0.717) is 0 Å².